The van der Waals surface area contributed by atoms with Crippen LogP contribution in [0, 0.1) is 6.92 Å². The van der Waals surface area contributed by atoms with Crippen molar-refractivity contribution in [3.8, 4) is 0 Å². The number of rotatable bonds is 6. The van der Waals surface area contributed by atoms with Crippen LogP contribution in [0.25, 0.3) is 0 Å². The molecular formula is C18H32N4O2S. The van der Waals surface area contributed by atoms with Crippen LogP contribution < -0.4 is 10.6 Å². The standard InChI is InChI=1S/C18H32N4O2S/c1-13(22(7)17(23)24-18(3,4)5)10-11-20-16(19-6)21-12-15-9-8-14(2)25-15/h8-9,13H,10-12H2,1-7H3,(H2,19,20,21). The maximum absolute atomic E-state index is 12.1. The number of carbonyl (C=O) groups is 1. The first-order valence-electron chi connectivity index (χ1n) is 8.58. The van der Waals surface area contributed by atoms with Crippen molar-refractivity contribution < 1.29 is 9.53 Å². The quantitative estimate of drug-likeness (QED) is 0.597. The Morgan fingerprint density at radius 3 is 2.56 bits per heavy atom. The van der Waals surface area contributed by atoms with E-state index in [0.717, 1.165) is 25.5 Å². The second kappa shape index (κ2) is 9.65. The summed E-state index contributed by atoms with van der Waals surface area (Å²) in [5.41, 5.74) is -0.477. The number of thiophene rings is 1. The first-order chi connectivity index (χ1) is 11.6. The van der Waals surface area contributed by atoms with Crippen LogP contribution in [0.3, 0.4) is 0 Å². The van der Waals surface area contributed by atoms with Crippen molar-refractivity contribution in [3.63, 3.8) is 0 Å². The van der Waals surface area contributed by atoms with E-state index in [1.807, 2.05) is 27.7 Å². The summed E-state index contributed by atoms with van der Waals surface area (Å²) in [5, 5.41) is 6.58. The van der Waals surface area contributed by atoms with E-state index in [2.05, 4.69) is 34.7 Å². The third-order valence-electron chi connectivity index (χ3n) is 3.65. The molecule has 1 rings (SSSR count). The monoisotopic (exact) mass is 368 g/mol. The Kier molecular flexibility index (Phi) is 8.22. The predicted molar refractivity (Wildman–Crippen MR) is 105 cm³/mol. The van der Waals surface area contributed by atoms with Gasteiger partial charge in [0.1, 0.15) is 5.60 Å². The van der Waals surface area contributed by atoms with Gasteiger partial charge in [-0.1, -0.05) is 0 Å². The number of amides is 1. The molecule has 7 heteroatoms. The number of aryl methyl sites for hydroxylation is 1. The largest absolute Gasteiger partial charge is 0.444 e. The normalized spacial score (nSPS) is 13.3. The Morgan fingerprint density at radius 2 is 2.04 bits per heavy atom. The van der Waals surface area contributed by atoms with Gasteiger partial charge >= 0.3 is 6.09 Å². The minimum atomic E-state index is -0.477. The number of ether oxygens (including phenoxy) is 1. The van der Waals surface area contributed by atoms with E-state index in [0.29, 0.717) is 0 Å². The van der Waals surface area contributed by atoms with Gasteiger partial charge in [-0.05, 0) is 53.2 Å². The molecule has 1 aromatic rings. The summed E-state index contributed by atoms with van der Waals surface area (Å²) in [4.78, 5) is 20.5. The highest BCUT2D eigenvalue weighted by molar-refractivity contribution is 7.11. The fourth-order valence-electron chi connectivity index (χ4n) is 2.08. The van der Waals surface area contributed by atoms with Gasteiger partial charge in [0.15, 0.2) is 5.96 Å². The lowest BCUT2D eigenvalue weighted by Gasteiger charge is -2.28. The van der Waals surface area contributed by atoms with Crippen molar-refractivity contribution in [2.45, 2.75) is 59.2 Å². The minimum Gasteiger partial charge on any atom is -0.444 e. The highest BCUT2D eigenvalue weighted by Gasteiger charge is 2.22. The summed E-state index contributed by atoms with van der Waals surface area (Å²) in [5.74, 6) is 0.762. The van der Waals surface area contributed by atoms with Gasteiger partial charge in [-0.25, -0.2) is 4.79 Å². The van der Waals surface area contributed by atoms with Gasteiger partial charge in [0.2, 0.25) is 0 Å². The average molecular weight is 369 g/mol. The smallest absolute Gasteiger partial charge is 0.410 e. The second-order valence-corrected chi connectivity index (χ2v) is 8.47. The maximum atomic E-state index is 12.1. The Hall–Kier alpha value is -1.76. The van der Waals surface area contributed by atoms with E-state index >= 15 is 0 Å². The summed E-state index contributed by atoms with van der Waals surface area (Å²) >= 11 is 1.78. The average Bonchev–Trinajstić information content (AvgIpc) is 2.93. The Morgan fingerprint density at radius 1 is 1.36 bits per heavy atom. The predicted octanol–water partition coefficient (Wildman–Crippen LogP) is 3.37. The number of nitrogens with one attached hydrogen (secondary N) is 2. The Bertz CT molecular complexity index is 578. The van der Waals surface area contributed by atoms with Crippen molar-refractivity contribution in [2.75, 3.05) is 20.6 Å². The van der Waals surface area contributed by atoms with Crippen molar-refractivity contribution in [2.24, 2.45) is 4.99 Å². The molecule has 0 saturated heterocycles. The molecular weight excluding hydrogens is 336 g/mol. The fourth-order valence-corrected chi connectivity index (χ4v) is 2.91. The first kappa shape index (κ1) is 21.3. The number of hydrogen-bond acceptors (Lipinski definition) is 4. The zero-order valence-corrected chi connectivity index (χ0v) is 17.3. The van der Waals surface area contributed by atoms with E-state index in [-0.39, 0.29) is 12.1 Å². The van der Waals surface area contributed by atoms with E-state index in [1.165, 1.54) is 9.75 Å². The van der Waals surface area contributed by atoms with Gasteiger partial charge in [0.25, 0.3) is 0 Å². The lowest BCUT2D eigenvalue weighted by atomic mass is 10.2. The molecule has 0 spiro atoms. The van der Waals surface area contributed by atoms with Gasteiger partial charge in [0.05, 0.1) is 6.54 Å². The van der Waals surface area contributed by atoms with E-state index in [1.54, 1.807) is 30.3 Å². The van der Waals surface area contributed by atoms with Crippen LogP contribution in [0.2, 0.25) is 0 Å². The zero-order valence-electron chi connectivity index (χ0n) is 16.5. The molecule has 0 saturated carbocycles. The molecule has 0 aliphatic rings. The van der Waals surface area contributed by atoms with Gasteiger partial charge < -0.3 is 20.3 Å². The van der Waals surface area contributed by atoms with Crippen LogP contribution in [0.15, 0.2) is 17.1 Å². The maximum Gasteiger partial charge on any atom is 0.410 e. The van der Waals surface area contributed by atoms with Crippen molar-refractivity contribution >= 4 is 23.4 Å². The lowest BCUT2D eigenvalue weighted by Crippen LogP contribution is -2.42. The molecule has 1 atom stereocenters. The molecule has 0 aliphatic heterocycles. The molecule has 0 bridgehead atoms. The number of hydrogen-bond donors (Lipinski definition) is 2. The molecule has 0 aromatic carbocycles. The van der Waals surface area contributed by atoms with E-state index in [9.17, 15) is 4.79 Å². The third-order valence-corrected chi connectivity index (χ3v) is 4.65. The third kappa shape index (κ3) is 8.25. The topological polar surface area (TPSA) is 66.0 Å². The molecule has 142 valence electrons. The molecule has 1 unspecified atom stereocenters. The zero-order chi connectivity index (χ0) is 19.0. The summed E-state index contributed by atoms with van der Waals surface area (Å²) in [6.07, 6.45) is 0.504. The van der Waals surface area contributed by atoms with Crippen LogP contribution >= 0.6 is 11.3 Å². The summed E-state index contributed by atoms with van der Waals surface area (Å²) in [7, 11) is 3.52. The molecule has 1 aromatic heterocycles. The molecule has 6 nitrogen and oxygen atoms in total. The minimum absolute atomic E-state index is 0.0698. The number of guanidine groups is 1. The highest BCUT2D eigenvalue weighted by atomic mass is 32.1. The van der Waals surface area contributed by atoms with E-state index < -0.39 is 5.60 Å². The van der Waals surface area contributed by atoms with Crippen LogP contribution in [-0.4, -0.2) is 49.2 Å². The molecule has 25 heavy (non-hydrogen) atoms. The molecule has 1 heterocycles. The van der Waals surface area contributed by atoms with Crippen LogP contribution in [-0.2, 0) is 11.3 Å². The lowest BCUT2D eigenvalue weighted by molar-refractivity contribution is 0.0230. The summed E-state index contributed by atoms with van der Waals surface area (Å²) in [6.45, 7) is 11.2. The number of nitrogens with zero attached hydrogens (tertiary/aromatic N) is 2. The molecule has 0 aliphatic carbocycles. The molecule has 2 N–H and O–H groups in total. The molecule has 0 radical (unpaired) electrons. The van der Waals surface area contributed by atoms with Gasteiger partial charge in [0, 0.05) is 36.4 Å². The molecule has 0 fully saturated rings. The highest BCUT2D eigenvalue weighted by Crippen LogP contribution is 2.14. The van der Waals surface area contributed by atoms with Crippen molar-refractivity contribution in [3.05, 3.63) is 21.9 Å². The van der Waals surface area contributed by atoms with Gasteiger partial charge in [-0.3, -0.25) is 4.99 Å². The van der Waals surface area contributed by atoms with Crippen molar-refractivity contribution in [1.29, 1.82) is 0 Å². The number of aliphatic imine (C=N–C) groups is 1. The summed E-state index contributed by atoms with van der Waals surface area (Å²) < 4.78 is 5.39. The number of carbonyl (C=O) groups excluding carboxylic acids is 1. The fraction of sp³-hybridized carbons (Fsp3) is 0.667. The second-order valence-electron chi connectivity index (χ2n) is 7.09. The van der Waals surface area contributed by atoms with Crippen LogP contribution in [0.1, 0.15) is 43.9 Å². The molecule has 1 amide bonds. The van der Waals surface area contributed by atoms with Gasteiger partial charge in [-0.15, -0.1) is 11.3 Å². The van der Waals surface area contributed by atoms with Crippen molar-refractivity contribution in [1.82, 2.24) is 15.5 Å². The first-order valence-corrected chi connectivity index (χ1v) is 9.39. The van der Waals surface area contributed by atoms with Crippen LogP contribution in [0.4, 0.5) is 4.79 Å². The van der Waals surface area contributed by atoms with Gasteiger partial charge in [-0.2, -0.15) is 0 Å². The van der Waals surface area contributed by atoms with E-state index in [4.69, 9.17) is 4.74 Å². The Balaban J connectivity index is 2.34. The Labute approximate surface area is 155 Å². The summed E-state index contributed by atoms with van der Waals surface area (Å²) in [6, 6.07) is 4.31. The van der Waals surface area contributed by atoms with Crippen LogP contribution in [0.5, 0.6) is 0 Å². The SMILES string of the molecule is CN=C(NCCC(C)N(C)C(=O)OC(C)(C)C)NCc1ccc(C)s1.